The number of amides is 1. The van der Waals surface area contributed by atoms with Crippen LogP contribution in [-0.2, 0) is 4.79 Å². The molecule has 0 saturated carbocycles. The molecule has 0 atom stereocenters. The maximum atomic E-state index is 11.8. The smallest absolute Gasteiger partial charge is 0.221 e. The minimum absolute atomic E-state index is 0.163. The molecule has 7 nitrogen and oxygen atoms in total. The molecule has 4 aromatic rings. The second-order valence-corrected chi connectivity index (χ2v) is 6.96. The normalized spacial score (nSPS) is 10.7. The lowest BCUT2D eigenvalue weighted by molar-refractivity contribution is -0.114. The number of rotatable bonds is 6. The number of anilines is 1. The predicted molar refractivity (Wildman–Crippen MR) is 120 cm³/mol. The molecule has 0 radical (unpaired) electrons. The molecule has 0 unspecified atom stereocenters. The Bertz CT molecular complexity index is 1250. The zero-order valence-electron chi connectivity index (χ0n) is 17.8. The second kappa shape index (κ2) is 8.39. The van der Waals surface area contributed by atoms with Crippen LogP contribution in [0, 0.1) is 0 Å². The van der Waals surface area contributed by atoms with E-state index < -0.39 is 0 Å². The molecular weight excluding hydrogens is 394 g/mol. The Kier molecular flexibility index (Phi) is 5.49. The van der Waals surface area contributed by atoms with Crippen molar-refractivity contribution in [1.29, 1.82) is 0 Å². The number of methoxy groups -OCH3 is 3. The van der Waals surface area contributed by atoms with Crippen LogP contribution in [0.1, 0.15) is 6.92 Å². The lowest BCUT2D eigenvalue weighted by atomic mass is 10.1. The predicted octanol–water partition coefficient (Wildman–Crippen LogP) is 4.65. The zero-order chi connectivity index (χ0) is 22.0. The van der Waals surface area contributed by atoms with Crippen LogP contribution < -0.4 is 19.5 Å². The van der Waals surface area contributed by atoms with Crippen molar-refractivity contribution in [3.63, 3.8) is 0 Å². The molecule has 0 aliphatic rings. The van der Waals surface area contributed by atoms with Crippen LogP contribution in [0.3, 0.4) is 0 Å². The molecular formula is C24H23N3O4. The fourth-order valence-electron chi connectivity index (χ4n) is 3.52. The van der Waals surface area contributed by atoms with Crippen LogP contribution in [0.4, 0.5) is 5.69 Å². The lowest BCUT2D eigenvalue weighted by Crippen LogP contribution is -2.08. The SMILES string of the molecule is COc1ccc(-c2cc(NC(C)=O)c3ncc(-c4ccc(OC)c(OC)c4)n3c2)cc1. The van der Waals surface area contributed by atoms with Gasteiger partial charge in [-0.1, -0.05) is 12.1 Å². The Hall–Kier alpha value is -4.00. The molecule has 1 amide bonds. The van der Waals surface area contributed by atoms with E-state index in [1.165, 1.54) is 6.92 Å². The molecule has 0 saturated heterocycles. The summed E-state index contributed by atoms with van der Waals surface area (Å²) in [5.41, 5.74) is 4.97. The molecule has 1 N–H and O–H groups in total. The highest BCUT2D eigenvalue weighted by Crippen LogP contribution is 2.35. The van der Waals surface area contributed by atoms with Gasteiger partial charge in [0, 0.05) is 24.2 Å². The molecule has 0 bridgehead atoms. The van der Waals surface area contributed by atoms with E-state index in [4.69, 9.17) is 14.2 Å². The van der Waals surface area contributed by atoms with Crippen molar-refractivity contribution in [2.24, 2.45) is 0 Å². The first-order chi connectivity index (χ1) is 15.0. The van der Waals surface area contributed by atoms with Gasteiger partial charge < -0.3 is 19.5 Å². The Morgan fingerprint density at radius 3 is 2.23 bits per heavy atom. The number of ether oxygens (including phenoxy) is 3. The summed E-state index contributed by atoms with van der Waals surface area (Å²) in [6.07, 6.45) is 3.78. The summed E-state index contributed by atoms with van der Waals surface area (Å²) < 4.78 is 18.0. The number of pyridine rings is 1. The van der Waals surface area contributed by atoms with Crippen molar-refractivity contribution in [3.05, 3.63) is 60.9 Å². The highest BCUT2D eigenvalue weighted by Gasteiger charge is 2.15. The molecule has 0 aliphatic carbocycles. The maximum absolute atomic E-state index is 11.8. The van der Waals surface area contributed by atoms with Gasteiger partial charge in [0.05, 0.1) is 38.9 Å². The third-order valence-electron chi connectivity index (χ3n) is 5.02. The van der Waals surface area contributed by atoms with Crippen molar-refractivity contribution >= 4 is 17.2 Å². The van der Waals surface area contributed by atoms with Gasteiger partial charge in [-0.3, -0.25) is 9.20 Å². The van der Waals surface area contributed by atoms with E-state index >= 15 is 0 Å². The first-order valence-corrected chi connectivity index (χ1v) is 9.69. The Morgan fingerprint density at radius 1 is 0.871 bits per heavy atom. The van der Waals surface area contributed by atoms with E-state index in [0.29, 0.717) is 22.8 Å². The standard InChI is InChI=1S/C24H23N3O4/c1-15(28)26-20-11-18(16-5-8-19(29-2)9-6-16)14-27-21(13-25-24(20)27)17-7-10-22(30-3)23(12-17)31-4/h5-14H,1-4H3,(H,26,28). The molecule has 0 spiro atoms. The first kappa shape index (κ1) is 20.3. The fraction of sp³-hybridized carbons (Fsp3) is 0.167. The van der Waals surface area contributed by atoms with Gasteiger partial charge in [0.1, 0.15) is 5.75 Å². The van der Waals surface area contributed by atoms with Crippen LogP contribution >= 0.6 is 0 Å². The minimum Gasteiger partial charge on any atom is -0.497 e. The average Bonchev–Trinajstić information content (AvgIpc) is 3.22. The third-order valence-corrected chi connectivity index (χ3v) is 5.02. The number of carbonyl (C=O) groups excluding carboxylic acids is 1. The largest absolute Gasteiger partial charge is 0.497 e. The molecule has 158 valence electrons. The van der Waals surface area contributed by atoms with Gasteiger partial charge in [0.25, 0.3) is 0 Å². The number of benzene rings is 2. The van der Waals surface area contributed by atoms with E-state index in [1.54, 1.807) is 27.5 Å². The van der Waals surface area contributed by atoms with Gasteiger partial charge >= 0.3 is 0 Å². The lowest BCUT2D eigenvalue weighted by Gasteiger charge is -2.12. The monoisotopic (exact) mass is 417 g/mol. The van der Waals surface area contributed by atoms with Gasteiger partial charge in [-0.05, 0) is 42.0 Å². The summed E-state index contributed by atoms with van der Waals surface area (Å²) >= 11 is 0. The van der Waals surface area contributed by atoms with Crippen molar-refractivity contribution < 1.29 is 19.0 Å². The van der Waals surface area contributed by atoms with Crippen LogP contribution in [-0.4, -0.2) is 36.6 Å². The number of hydrogen-bond donors (Lipinski definition) is 1. The van der Waals surface area contributed by atoms with Crippen molar-refractivity contribution in [2.45, 2.75) is 6.92 Å². The van der Waals surface area contributed by atoms with E-state index in [2.05, 4.69) is 10.3 Å². The molecule has 31 heavy (non-hydrogen) atoms. The number of nitrogens with zero attached hydrogens (tertiary/aromatic N) is 2. The summed E-state index contributed by atoms with van der Waals surface area (Å²) in [6.45, 7) is 1.48. The number of nitrogens with one attached hydrogen (secondary N) is 1. The second-order valence-electron chi connectivity index (χ2n) is 6.96. The quantitative estimate of drug-likeness (QED) is 0.494. The third kappa shape index (κ3) is 3.90. The van der Waals surface area contributed by atoms with Crippen molar-refractivity contribution in [1.82, 2.24) is 9.38 Å². The summed E-state index contributed by atoms with van der Waals surface area (Å²) in [5, 5.41) is 2.89. The molecule has 2 aromatic heterocycles. The van der Waals surface area contributed by atoms with Gasteiger partial charge in [-0.15, -0.1) is 0 Å². The van der Waals surface area contributed by atoms with Crippen molar-refractivity contribution in [3.8, 4) is 39.6 Å². The highest BCUT2D eigenvalue weighted by atomic mass is 16.5. The van der Waals surface area contributed by atoms with E-state index in [1.807, 2.05) is 59.1 Å². The molecule has 2 aromatic carbocycles. The van der Waals surface area contributed by atoms with Crippen LogP contribution in [0.15, 0.2) is 60.9 Å². The topological polar surface area (TPSA) is 74.1 Å². The van der Waals surface area contributed by atoms with E-state index in [0.717, 1.165) is 28.1 Å². The number of fused-ring (bicyclic) bond motifs is 1. The van der Waals surface area contributed by atoms with E-state index in [-0.39, 0.29) is 5.91 Å². The molecule has 4 rings (SSSR count). The van der Waals surface area contributed by atoms with Crippen molar-refractivity contribution in [2.75, 3.05) is 26.6 Å². The molecule has 0 aliphatic heterocycles. The van der Waals surface area contributed by atoms with E-state index in [9.17, 15) is 4.79 Å². The van der Waals surface area contributed by atoms with Gasteiger partial charge in [0.15, 0.2) is 17.1 Å². The van der Waals surface area contributed by atoms with Gasteiger partial charge in [0.2, 0.25) is 5.91 Å². The fourth-order valence-corrected chi connectivity index (χ4v) is 3.52. The van der Waals surface area contributed by atoms with Gasteiger partial charge in [-0.25, -0.2) is 4.98 Å². The minimum atomic E-state index is -0.163. The Balaban J connectivity index is 1.90. The van der Waals surface area contributed by atoms with Gasteiger partial charge in [-0.2, -0.15) is 0 Å². The molecule has 0 fully saturated rings. The average molecular weight is 417 g/mol. The zero-order valence-corrected chi connectivity index (χ0v) is 17.8. The molecule has 7 heteroatoms. The highest BCUT2D eigenvalue weighted by molar-refractivity contribution is 5.94. The Morgan fingerprint density at radius 2 is 1.58 bits per heavy atom. The molecule has 2 heterocycles. The van der Waals surface area contributed by atoms with Crippen LogP contribution in [0.2, 0.25) is 0 Å². The number of imidazole rings is 1. The Labute approximate surface area is 180 Å². The summed E-state index contributed by atoms with van der Waals surface area (Å²) in [6, 6.07) is 15.4. The number of carbonyl (C=O) groups is 1. The summed E-state index contributed by atoms with van der Waals surface area (Å²) in [5.74, 6) is 1.89. The first-order valence-electron chi connectivity index (χ1n) is 9.69. The number of aromatic nitrogens is 2. The van der Waals surface area contributed by atoms with Crippen LogP contribution in [0.25, 0.3) is 28.0 Å². The summed E-state index contributed by atoms with van der Waals surface area (Å²) in [4.78, 5) is 16.4. The van der Waals surface area contributed by atoms with Crippen LogP contribution in [0.5, 0.6) is 17.2 Å². The number of hydrogen-bond acceptors (Lipinski definition) is 5. The summed E-state index contributed by atoms with van der Waals surface area (Å²) in [7, 11) is 4.84. The maximum Gasteiger partial charge on any atom is 0.221 e.